The molecular formula is C29H27Cl3N4O3S. The fourth-order valence-corrected chi connectivity index (χ4v) is 6.42. The minimum absolute atomic E-state index is 0.0575. The Bertz CT molecular complexity index is 1720. The topological polar surface area (TPSA) is 83.8 Å². The second-order valence-electron chi connectivity index (χ2n) is 9.31. The van der Waals surface area contributed by atoms with Crippen LogP contribution in [-0.4, -0.2) is 31.7 Å². The third-order valence-corrected chi connectivity index (χ3v) is 8.90. The maximum absolute atomic E-state index is 13.6. The van der Waals surface area contributed by atoms with Gasteiger partial charge < -0.3 is 4.57 Å². The van der Waals surface area contributed by atoms with Crippen molar-refractivity contribution in [2.24, 2.45) is 5.10 Å². The van der Waals surface area contributed by atoms with E-state index in [1.807, 2.05) is 37.5 Å². The number of halogens is 3. The summed E-state index contributed by atoms with van der Waals surface area (Å²) in [6.45, 7) is 6.94. The van der Waals surface area contributed by atoms with Gasteiger partial charge in [-0.05, 0) is 81.8 Å². The fourth-order valence-electron chi connectivity index (χ4n) is 4.28. The quantitative estimate of drug-likeness (QED) is 0.170. The van der Waals surface area contributed by atoms with Crippen LogP contribution in [0, 0.1) is 27.7 Å². The van der Waals surface area contributed by atoms with Gasteiger partial charge in [-0.3, -0.25) is 9.10 Å². The highest BCUT2D eigenvalue weighted by Gasteiger charge is 2.28. The van der Waals surface area contributed by atoms with Crippen molar-refractivity contribution in [1.82, 2.24) is 9.99 Å². The highest BCUT2D eigenvalue weighted by Crippen LogP contribution is 2.30. The van der Waals surface area contributed by atoms with Gasteiger partial charge >= 0.3 is 0 Å². The number of nitrogens with one attached hydrogen (secondary N) is 1. The van der Waals surface area contributed by atoms with Gasteiger partial charge in [0, 0.05) is 27.0 Å². The summed E-state index contributed by atoms with van der Waals surface area (Å²) in [5.41, 5.74) is 7.57. The second-order valence-corrected chi connectivity index (χ2v) is 12.4. The number of hydrogen-bond acceptors (Lipinski definition) is 4. The highest BCUT2D eigenvalue weighted by molar-refractivity contribution is 7.92. The van der Waals surface area contributed by atoms with Crippen molar-refractivity contribution < 1.29 is 13.2 Å². The lowest BCUT2D eigenvalue weighted by molar-refractivity contribution is -0.119. The third-order valence-electron chi connectivity index (χ3n) is 6.35. The minimum atomic E-state index is -4.09. The number of hydrazone groups is 1. The molecule has 7 nitrogen and oxygen atoms in total. The summed E-state index contributed by atoms with van der Waals surface area (Å²) in [6, 6.07) is 18.5. The van der Waals surface area contributed by atoms with Crippen LogP contribution in [0.15, 0.2) is 76.7 Å². The molecule has 1 amide bonds. The number of aromatic nitrogens is 1. The predicted octanol–water partition coefficient (Wildman–Crippen LogP) is 7.02. The molecule has 1 heterocycles. The number of carbonyl (C=O) groups is 1. The van der Waals surface area contributed by atoms with Crippen LogP contribution in [0.1, 0.15) is 28.1 Å². The molecule has 1 N–H and O–H groups in total. The molecule has 0 aliphatic heterocycles. The number of benzene rings is 3. The summed E-state index contributed by atoms with van der Waals surface area (Å²) < 4.78 is 30.3. The van der Waals surface area contributed by atoms with Crippen LogP contribution in [0.25, 0.3) is 5.69 Å². The number of sulfonamides is 1. The molecule has 0 saturated carbocycles. The van der Waals surface area contributed by atoms with Crippen molar-refractivity contribution in [3.05, 3.63) is 110 Å². The van der Waals surface area contributed by atoms with Crippen molar-refractivity contribution in [2.75, 3.05) is 10.8 Å². The number of nitrogens with zero attached hydrogens (tertiary/aromatic N) is 3. The molecule has 0 aliphatic carbocycles. The molecule has 208 valence electrons. The molecule has 40 heavy (non-hydrogen) atoms. The van der Waals surface area contributed by atoms with Gasteiger partial charge in [-0.25, -0.2) is 13.8 Å². The molecule has 0 aliphatic rings. The lowest BCUT2D eigenvalue weighted by Gasteiger charge is -2.25. The molecule has 4 rings (SSSR count). The molecule has 0 spiro atoms. The first kappa shape index (κ1) is 29.7. The van der Waals surface area contributed by atoms with Crippen molar-refractivity contribution >= 4 is 62.6 Å². The predicted molar refractivity (Wildman–Crippen MR) is 163 cm³/mol. The van der Waals surface area contributed by atoms with Gasteiger partial charge in [0.25, 0.3) is 15.9 Å². The number of rotatable bonds is 8. The maximum atomic E-state index is 13.6. The second kappa shape index (κ2) is 12.1. The SMILES string of the molecule is Cc1ccc(S(=O)(=O)N(CC(=O)N/N=C\c2cc(C)n(-c3ccc(Cl)cc3Cl)c2C)c2cc(Cl)ccc2C)cc1. The van der Waals surface area contributed by atoms with E-state index in [4.69, 9.17) is 34.8 Å². The molecule has 1 aromatic heterocycles. The Balaban J connectivity index is 1.59. The number of aryl methyl sites for hydroxylation is 3. The van der Waals surface area contributed by atoms with Crippen molar-refractivity contribution in [2.45, 2.75) is 32.6 Å². The van der Waals surface area contributed by atoms with Gasteiger partial charge in [-0.15, -0.1) is 0 Å². The maximum Gasteiger partial charge on any atom is 0.264 e. The Morgan fingerprint density at radius 2 is 1.57 bits per heavy atom. The Morgan fingerprint density at radius 1 is 0.925 bits per heavy atom. The number of hydrogen-bond donors (Lipinski definition) is 1. The zero-order valence-electron chi connectivity index (χ0n) is 22.2. The number of amides is 1. The molecule has 0 saturated heterocycles. The van der Waals surface area contributed by atoms with E-state index in [9.17, 15) is 13.2 Å². The zero-order chi connectivity index (χ0) is 29.2. The monoisotopic (exact) mass is 616 g/mol. The van der Waals surface area contributed by atoms with E-state index in [1.165, 1.54) is 24.4 Å². The molecule has 0 bridgehead atoms. The van der Waals surface area contributed by atoms with E-state index in [1.54, 1.807) is 43.3 Å². The van der Waals surface area contributed by atoms with Gasteiger partial charge in [-0.2, -0.15) is 5.10 Å². The van der Waals surface area contributed by atoms with Crippen molar-refractivity contribution in [3.8, 4) is 5.69 Å². The summed E-state index contributed by atoms with van der Waals surface area (Å²) in [6.07, 6.45) is 1.50. The van der Waals surface area contributed by atoms with Gasteiger partial charge in [0.2, 0.25) is 0 Å². The highest BCUT2D eigenvalue weighted by atomic mass is 35.5. The van der Waals surface area contributed by atoms with Crippen LogP contribution in [0.3, 0.4) is 0 Å². The zero-order valence-corrected chi connectivity index (χ0v) is 25.3. The summed E-state index contributed by atoms with van der Waals surface area (Å²) in [5, 5.41) is 5.48. The van der Waals surface area contributed by atoms with E-state index < -0.39 is 22.5 Å². The molecule has 0 unspecified atom stereocenters. The van der Waals surface area contributed by atoms with E-state index in [2.05, 4.69) is 10.5 Å². The molecule has 4 aromatic rings. The number of anilines is 1. The minimum Gasteiger partial charge on any atom is -0.316 e. The normalized spacial score (nSPS) is 11.7. The standard InChI is InChI=1S/C29H27Cl3N4O3S/c1-18-5-10-25(11-6-18)40(38,39)35(28-15-24(31)8-7-19(28)2)17-29(37)34-33-16-22-13-20(3)36(21(22)4)27-12-9-23(30)14-26(27)32/h5-16H,17H2,1-4H3,(H,34,37)/b33-16-. The van der Waals surface area contributed by atoms with Crippen LogP contribution in [0.2, 0.25) is 15.1 Å². The van der Waals surface area contributed by atoms with Crippen LogP contribution in [-0.2, 0) is 14.8 Å². The average molecular weight is 618 g/mol. The van der Waals surface area contributed by atoms with Gasteiger partial charge in [0.1, 0.15) is 6.54 Å². The summed E-state index contributed by atoms with van der Waals surface area (Å²) in [4.78, 5) is 13.1. The molecule has 0 fully saturated rings. The molecule has 11 heteroatoms. The molecule has 0 radical (unpaired) electrons. The Hall–Kier alpha value is -3.30. The van der Waals surface area contributed by atoms with E-state index >= 15 is 0 Å². The van der Waals surface area contributed by atoms with Gasteiger partial charge in [-0.1, -0.05) is 58.6 Å². The van der Waals surface area contributed by atoms with Crippen LogP contribution in [0.5, 0.6) is 0 Å². The summed E-state index contributed by atoms with van der Waals surface area (Å²) in [5.74, 6) is -0.624. The molecule has 0 atom stereocenters. The first-order valence-corrected chi connectivity index (χ1v) is 14.8. The smallest absolute Gasteiger partial charge is 0.264 e. The number of carbonyl (C=O) groups excluding carboxylic acids is 1. The molecule has 3 aromatic carbocycles. The van der Waals surface area contributed by atoms with Gasteiger partial charge in [0.15, 0.2) is 0 Å². The van der Waals surface area contributed by atoms with Gasteiger partial charge in [0.05, 0.1) is 27.5 Å². The van der Waals surface area contributed by atoms with Crippen molar-refractivity contribution in [3.63, 3.8) is 0 Å². The largest absolute Gasteiger partial charge is 0.316 e. The van der Waals surface area contributed by atoms with E-state index in [0.717, 1.165) is 32.5 Å². The molecular weight excluding hydrogens is 591 g/mol. The lowest BCUT2D eigenvalue weighted by Crippen LogP contribution is -2.40. The Labute approximate surface area is 249 Å². The Kier molecular flexibility index (Phi) is 8.95. The van der Waals surface area contributed by atoms with Crippen LogP contribution < -0.4 is 9.73 Å². The Morgan fingerprint density at radius 3 is 2.25 bits per heavy atom. The van der Waals surface area contributed by atoms with E-state index in [-0.39, 0.29) is 4.90 Å². The van der Waals surface area contributed by atoms with Crippen LogP contribution in [0.4, 0.5) is 5.69 Å². The average Bonchev–Trinajstić information content (AvgIpc) is 3.17. The van der Waals surface area contributed by atoms with E-state index in [0.29, 0.717) is 26.3 Å². The van der Waals surface area contributed by atoms with Crippen molar-refractivity contribution in [1.29, 1.82) is 0 Å². The van der Waals surface area contributed by atoms with Crippen LogP contribution >= 0.6 is 34.8 Å². The fraction of sp³-hybridized carbons (Fsp3) is 0.172. The third kappa shape index (κ3) is 6.36. The first-order valence-electron chi connectivity index (χ1n) is 12.2. The first-order chi connectivity index (χ1) is 18.9. The lowest BCUT2D eigenvalue weighted by atomic mass is 10.2. The summed E-state index contributed by atoms with van der Waals surface area (Å²) in [7, 11) is -4.09. The summed E-state index contributed by atoms with van der Waals surface area (Å²) >= 11 is 18.7.